The third kappa shape index (κ3) is 3.46. The first kappa shape index (κ1) is 21.7. The molecular formula is C23H22F2N4O3. The number of halogens is 2. The zero-order valence-electron chi connectivity index (χ0n) is 17.7. The summed E-state index contributed by atoms with van der Waals surface area (Å²) in [5.74, 6) is -2.78. The molecule has 9 heteroatoms. The lowest BCUT2D eigenvalue weighted by atomic mass is 9.92. The van der Waals surface area contributed by atoms with Gasteiger partial charge in [-0.15, -0.1) is 0 Å². The van der Waals surface area contributed by atoms with E-state index in [1.165, 1.54) is 29.1 Å². The Kier molecular flexibility index (Phi) is 5.57. The van der Waals surface area contributed by atoms with Crippen molar-refractivity contribution in [3.63, 3.8) is 0 Å². The lowest BCUT2D eigenvalue weighted by Crippen LogP contribution is -2.28. The Bertz CT molecular complexity index is 1300. The van der Waals surface area contributed by atoms with E-state index in [4.69, 9.17) is 15.2 Å². The number of hydrogen-bond acceptors (Lipinski definition) is 6. The summed E-state index contributed by atoms with van der Waals surface area (Å²) < 4.78 is 42.4. The Morgan fingerprint density at radius 2 is 2.06 bits per heavy atom. The molecule has 2 heterocycles. The summed E-state index contributed by atoms with van der Waals surface area (Å²) in [7, 11) is 0. The standard InChI is InChI=1S/C23H22F2N4O3/c1-3-23(4-2)9-13(11-31-23)29-12-28-17-7-8-18(20(25)19(17)22(29)30)32-21-14(10-26)16(27)6-5-15(21)24/h5-8,12-13H,3-4,9,11,27H2,1-2H3. The number of nitrogen functional groups attached to an aromatic ring is 1. The van der Waals surface area contributed by atoms with Crippen LogP contribution in [0.4, 0.5) is 14.5 Å². The molecule has 0 bridgehead atoms. The van der Waals surface area contributed by atoms with E-state index in [0.29, 0.717) is 13.0 Å². The highest BCUT2D eigenvalue weighted by molar-refractivity contribution is 5.80. The fraction of sp³-hybridized carbons (Fsp3) is 0.348. The molecule has 1 aliphatic heterocycles. The number of hydrogen-bond donors (Lipinski definition) is 1. The monoisotopic (exact) mass is 440 g/mol. The molecule has 166 valence electrons. The van der Waals surface area contributed by atoms with Crippen molar-refractivity contribution < 1.29 is 18.3 Å². The molecule has 4 rings (SSSR count). The van der Waals surface area contributed by atoms with Gasteiger partial charge in [0.2, 0.25) is 0 Å². The summed E-state index contributed by atoms with van der Waals surface area (Å²) in [5, 5.41) is 9.00. The van der Waals surface area contributed by atoms with Gasteiger partial charge in [-0.3, -0.25) is 9.36 Å². The highest BCUT2D eigenvalue weighted by atomic mass is 19.1. The molecule has 0 amide bonds. The zero-order chi connectivity index (χ0) is 23.0. The Labute approximate surface area is 183 Å². The van der Waals surface area contributed by atoms with Crippen molar-refractivity contribution in [2.24, 2.45) is 0 Å². The largest absolute Gasteiger partial charge is 0.450 e. The third-order valence-corrected chi connectivity index (χ3v) is 6.19. The second-order valence-electron chi connectivity index (χ2n) is 7.84. The molecule has 3 aromatic rings. The first-order chi connectivity index (χ1) is 15.3. The van der Waals surface area contributed by atoms with E-state index in [0.717, 1.165) is 18.9 Å². The number of rotatable bonds is 5. The maximum absolute atomic E-state index is 15.4. The molecule has 1 unspecified atom stereocenters. The van der Waals surface area contributed by atoms with Gasteiger partial charge in [-0.2, -0.15) is 5.26 Å². The Balaban J connectivity index is 1.79. The molecular weight excluding hydrogens is 418 g/mol. The molecule has 32 heavy (non-hydrogen) atoms. The summed E-state index contributed by atoms with van der Waals surface area (Å²) in [6.45, 7) is 4.38. The summed E-state index contributed by atoms with van der Waals surface area (Å²) in [6, 6.07) is 6.35. The van der Waals surface area contributed by atoms with Crippen LogP contribution in [-0.2, 0) is 4.74 Å². The van der Waals surface area contributed by atoms with E-state index in [1.54, 1.807) is 6.07 Å². The lowest BCUT2D eigenvalue weighted by Gasteiger charge is -2.25. The highest BCUT2D eigenvalue weighted by Gasteiger charge is 2.38. The lowest BCUT2D eigenvalue weighted by molar-refractivity contribution is -0.00268. The SMILES string of the molecule is CCC1(CC)CC(n2cnc3ccc(Oc4c(F)ccc(N)c4C#N)c(F)c3c2=O)CO1. The van der Waals surface area contributed by atoms with Gasteiger partial charge in [-0.05, 0) is 43.5 Å². The molecule has 0 radical (unpaired) electrons. The van der Waals surface area contributed by atoms with Gasteiger partial charge in [0.25, 0.3) is 5.56 Å². The first-order valence-corrected chi connectivity index (χ1v) is 10.3. The van der Waals surface area contributed by atoms with Crippen LogP contribution in [0.15, 0.2) is 35.4 Å². The van der Waals surface area contributed by atoms with E-state index in [2.05, 4.69) is 4.98 Å². The van der Waals surface area contributed by atoms with Gasteiger partial charge in [0, 0.05) is 0 Å². The third-order valence-electron chi connectivity index (χ3n) is 6.19. The van der Waals surface area contributed by atoms with Crippen molar-refractivity contribution in [3.8, 4) is 17.6 Å². The van der Waals surface area contributed by atoms with E-state index in [1.807, 2.05) is 13.8 Å². The van der Waals surface area contributed by atoms with Crippen molar-refractivity contribution in [3.05, 3.63) is 58.1 Å². The molecule has 1 aliphatic rings. The number of nitriles is 1. The molecule has 2 aromatic carbocycles. The molecule has 1 saturated heterocycles. The molecule has 1 fully saturated rings. The number of ether oxygens (including phenoxy) is 2. The zero-order valence-corrected chi connectivity index (χ0v) is 17.7. The predicted molar refractivity (Wildman–Crippen MR) is 114 cm³/mol. The van der Waals surface area contributed by atoms with Crippen LogP contribution in [0.25, 0.3) is 10.9 Å². The summed E-state index contributed by atoms with van der Waals surface area (Å²) in [6.07, 6.45) is 3.61. The smallest absolute Gasteiger partial charge is 0.264 e. The quantitative estimate of drug-likeness (QED) is 0.589. The normalized spacial score (nSPS) is 17.4. The van der Waals surface area contributed by atoms with E-state index in [9.17, 15) is 14.4 Å². The minimum absolute atomic E-state index is 0.00863. The van der Waals surface area contributed by atoms with Crippen molar-refractivity contribution in [2.45, 2.75) is 44.8 Å². The minimum Gasteiger partial charge on any atom is -0.450 e. The van der Waals surface area contributed by atoms with Crippen molar-refractivity contribution in [1.29, 1.82) is 5.26 Å². The van der Waals surface area contributed by atoms with E-state index in [-0.39, 0.29) is 33.8 Å². The van der Waals surface area contributed by atoms with Crippen LogP contribution in [-0.4, -0.2) is 21.8 Å². The minimum atomic E-state index is -0.990. The number of anilines is 1. The van der Waals surface area contributed by atoms with Crippen LogP contribution in [0.5, 0.6) is 11.5 Å². The van der Waals surface area contributed by atoms with Crippen LogP contribution < -0.4 is 16.0 Å². The van der Waals surface area contributed by atoms with Crippen LogP contribution >= 0.6 is 0 Å². The molecule has 2 N–H and O–H groups in total. The molecule has 0 aliphatic carbocycles. The van der Waals surface area contributed by atoms with Crippen LogP contribution in [0.1, 0.15) is 44.7 Å². The number of benzene rings is 2. The van der Waals surface area contributed by atoms with Gasteiger partial charge in [-0.1, -0.05) is 13.8 Å². The number of nitrogens with two attached hydrogens (primary N) is 1. The van der Waals surface area contributed by atoms with E-state index >= 15 is 4.39 Å². The van der Waals surface area contributed by atoms with Gasteiger partial charge in [-0.25, -0.2) is 13.8 Å². The van der Waals surface area contributed by atoms with Crippen molar-refractivity contribution in [2.75, 3.05) is 12.3 Å². The summed E-state index contributed by atoms with van der Waals surface area (Å²) in [4.78, 5) is 17.4. The van der Waals surface area contributed by atoms with E-state index < -0.39 is 28.7 Å². The fourth-order valence-electron chi connectivity index (χ4n) is 4.14. The van der Waals surface area contributed by atoms with Crippen LogP contribution in [0.3, 0.4) is 0 Å². The Morgan fingerprint density at radius 3 is 2.72 bits per heavy atom. The topological polar surface area (TPSA) is 103 Å². The summed E-state index contributed by atoms with van der Waals surface area (Å²) >= 11 is 0. The number of nitrogens with zero attached hydrogens (tertiary/aromatic N) is 3. The van der Waals surface area contributed by atoms with Crippen molar-refractivity contribution >= 4 is 16.6 Å². The van der Waals surface area contributed by atoms with Gasteiger partial charge in [0.05, 0.1) is 35.8 Å². The van der Waals surface area contributed by atoms with Gasteiger partial charge >= 0.3 is 0 Å². The Morgan fingerprint density at radius 1 is 1.31 bits per heavy atom. The molecule has 1 atom stereocenters. The average molecular weight is 440 g/mol. The number of aromatic nitrogens is 2. The summed E-state index contributed by atoms with van der Waals surface area (Å²) in [5.41, 5.74) is 4.68. The molecule has 0 spiro atoms. The Hall–Kier alpha value is -3.51. The second kappa shape index (κ2) is 8.20. The van der Waals surface area contributed by atoms with Gasteiger partial charge < -0.3 is 15.2 Å². The van der Waals surface area contributed by atoms with Gasteiger partial charge in [0.1, 0.15) is 17.0 Å². The maximum atomic E-state index is 15.4. The van der Waals surface area contributed by atoms with Gasteiger partial charge in [0.15, 0.2) is 23.1 Å². The molecule has 1 aromatic heterocycles. The molecule has 0 saturated carbocycles. The number of fused-ring (bicyclic) bond motifs is 1. The molecule has 7 nitrogen and oxygen atoms in total. The van der Waals surface area contributed by atoms with Crippen LogP contribution in [0.2, 0.25) is 0 Å². The van der Waals surface area contributed by atoms with Crippen molar-refractivity contribution in [1.82, 2.24) is 9.55 Å². The first-order valence-electron chi connectivity index (χ1n) is 10.3. The maximum Gasteiger partial charge on any atom is 0.264 e. The van der Waals surface area contributed by atoms with Crippen LogP contribution in [0, 0.1) is 23.0 Å². The predicted octanol–water partition coefficient (Wildman–Crippen LogP) is 4.44. The second-order valence-corrected chi connectivity index (χ2v) is 7.84. The average Bonchev–Trinajstić information content (AvgIpc) is 3.23. The fourth-order valence-corrected chi connectivity index (χ4v) is 4.14. The highest BCUT2D eigenvalue weighted by Crippen LogP contribution is 2.38.